The van der Waals surface area contributed by atoms with E-state index in [1.807, 2.05) is 6.07 Å². The number of halogens is 1. The molecule has 1 fully saturated rings. The van der Waals surface area contributed by atoms with Gasteiger partial charge >= 0.3 is 0 Å². The second kappa shape index (κ2) is 10.3. The van der Waals surface area contributed by atoms with Gasteiger partial charge < -0.3 is 24.1 Å². The smallest absolute Gasteiger partial charge is 0.174 e. The summed E-state index contributed by atoms with van der Waals surface area (Å²) in [5.74, 6) is 1.37. The van der Waals surface area contributed by atoms with Crippen molar-refractivity contribution >= 4 is 22.6 Å². The van der Waals surface area contributed by atoms with Crippen LogP contribution in [0.25, 0.3) is 0 Å². The molecule has 1 N–H and O–H groups in total. The van der Waals surface area contributed by atoms with E-state index in [0.29, 0.717) is 25.6 Å². The van der Waals surface area contributed by atoms with Crippen LogP contribution in [0.1, 0.15) is 31.2 Å². The Hall–Kier alpha value is -0.570. The molecule has 0 spiro atoms. The summed E-state index contributed by atoms with van der Waals surface area (Å²) in [4.78, 5) is 0. The van der Waals surface area contributed by atoms with Crippen molar-refractivity contribution in [1.82, 2.24) is 0 Å². The van der Waals surface area contributed by atoms with Crippen LogP contribution in [0.5, 0.6) is 11.5 Å². The average Bonchev–Trinajstić information content (AvgIpc) is 2.59. The summed E-state index contributed by atoms with van der Waals surface area (Å²) in [5.41, 5.74) is 0.814. The highest BCUT2D eigenvalue weighted by Crippen LogP contribution is 2.34. The van der Waals surface area contributed by atoms with Crippen LogP contribution in [0.15, 0.2) is 12.1 Å². The minimum absolute atomic E-state index is 0.0102. The van der Waals surface area contributed by atoms with Gasteiger partial charge in [-0.2, -0.15) is 0 Å². The summed E-state index contributed by atoms with van der Waals surface area (Å²) in [6, 6.07) is 3.70. The Morgan fingerprint density at radius 1 is 1.30 bits per heavy atom. The first kappa shape index (κ1) is 18.8. The van der Waals surface area contributed by atoms with Crippen molar-refractivity contribution in [2.24, 2.45) is 0 Å². The lowest BCUT2D eigenvalue weighted by Gasteiger charge is -2.22. The number of rotatable bonds is 9. The van der Waals surface area contributed by atoms with E-state index < -0.39 is 0 Å². The van der Waals surface area contributed by atoms with Gasteiger partial charge in [0.05, 0.1) is 36.6 Å². The number of ether oxygens (including phenoxy) is 4. The van der Waals surface area contributed by atoms with Crippen LogP contribution in [-0.2, 0) is 16.1 Å². The van der Waals surface area contributed by atoms with Gasteiger partial charge in [0, 0.05) is 19.6 Å². The van der Waals surface area contributed by atoms with E-state index in [1.54, 1.807) is 13.2 Å². The third-order valence-electron chi connectivity index (χ3n) is 3.73. The molecule has 1 atom stereocenters. The highest BCUT2D eigenvalue weighted by atomic mass is 127. The Balaban J connectivity index is 1.69. The molecule has 2 rings (SSSR count). The normalized spacial score (nSPS) is 18.0. The van der Waals surface area contributed by atoms with E-state index in [-0.39, 0.29) is 12.7 Å². The lowest BCUT2D eigenvalue weighted by atomic mass is 10.1. The summed E-state index contributed by atoms with van der Waals surface area (Å²) >= 11 is 2.19. The average molecular weight is 436 g/mol. The van der Waals surface area contributed by atoms with Gasteiger partial charge in [0.15, 0.2) is 11.5 Å². The van der Waals surface area contributed by atoms with Crippen molar-refractivity contribution in [3.05, 3.63) is 21.3 Å². The largest absolute Gasteiger partial charge is 0.493 e. The van der Waals surface area contributed by atoms with E-state index in [2.05, 4.69) is 22.6 Å². The zero-order chi connectivity index (χ0) is 16.5. The van der Waals surface area contributed by atoms with E-state index in [1.165, 1.54) is 12.8 Å². The predicted molar refractivity (Wildman–Crippen MR) is 96.2 cm³/mol. The van der Waals surface area contributed by atoms with Gasteiger partial charge in [0.1, 0.15) is 0 Å². The van der Waals surface area contributed by atoms with E-state index in [4.69, 9.17) is 18.9 Å². The fourth-order valence-corrected chi connectivity index (χ4v) is 3.31. The van der Waals surface area contributed by atoms with Gasteiger partial charge in [-0.1, -0.05) is 0 Å². The molecule has 0 amide bonds. The van der Waals surface area contributed by atoms with Crippen LogP contribution in [0.4, 0.5) is 0 Å². The van der Waals surface area contributed by atoms with Gasteiger partial charge in [0.25, 0.3) is 0 Å². The Morgan fingerprint density at radius 3 is 2.87 bits per heavy atom. The lowest BCUT2D eigenvalue weighted by Crippen LogP contribution is -2.24. The maximum Gasteiger partial charge on any atom is 0.174 e. The first-order valence-electron chi connectivity index (χ1n) is 8.04. The molecule has 1 aliphatic heterocycles. The van der Waals surface area contributed by atoms with E-state index in [9.17, 15) is 5.11 Å². The molecule has 1 aromatic carbocycles. The summed E-state index contributed by atoms with van der Waals surface area (Å²) in [6.07, 6.45) is 4.58. The van der Waals surface area contributed by atoms with Crippen LogP contribution < -0.4 is 9.47 Å². The monoisotopic (exact) mass is 436 g/mol. The molecule has 5 nitrogen and oxygen atoms in total. The highest BCUT2D eigenvalue weighted by Gasteiger charge is 2.14. The summed E-state index contributed by atoms with van der Waals surface area (Å²) in [5, 5.41) is 9.23. The third kappa shape index (κ3) is 6.10. The van der Waals surface area contributed by atoms with Crippen LogP contribution in [-0.4, -0.2) is 44.7 Å². The van der Waals surface area contributed by atoms with Gasteiger partial charge in [-0.3, -0.25) is 0 Å². The number of hydrogen-bond donors (Lipinski definition) is 1. The number of hydrogen-bond acceptors (Lipinski definition) is 5. The quantitative estimate of drug-likeness (QED) is 0.476. The van der Waals surface area contributed by atoms with Crippen LogP contribution in [0, 0.1) is 3.57 Å². The van der Waals surface area contributed by atoms with Crippen LogP contribution >= 0.6 is 22.6 Å². The summed E-state index contributed by atoms with van der Waals surface area (Å²) in [7, 11) is 1.60. The highest BCUT2D eigenvalue weighted by molar-refractivity contribution is 14.1. The van der Waals surface area contributed by atoms with Crippen molar-refractivity contribution in [1.29, 1.82) is 0 Å². The van der Waals surface area contributed by atoms with Gasteiger partial charge in [-0.25, -0.2) is 0 Å². The third-order valence-corrected chi connectivity index (χ3v) is 4.53. The Kier molecular flexibility index (Phi) is 8.43. The van der Waals surface area contributed by atoms with Gasteiger partial charge in [-0.15, -0.1) is 0 Å². The molecule has 0 bridgehead atoms. The maximum atomic E-state index is 9.23. The Labute approximate surface area is 151 Å². The van der Waals surface area contributed by atoms with Crippen LogP contribution in [0.3, 0.4) is 0 Å². The number of aliphatic hydroxyl groups is 1. The van der Waals surface area contributed by atoms with Crippen molar-refractivity contribution in [3.8, 4) is 11.5 Å². The van der Waals surface area contributed by atoms with Crippen molar-refractivity contribution in [2.75, 3.05) is 33.5 Å². The second-order valence-corrected chi connectivity index (χ2v) is 6.69. The zero-order valence-electron chi connectivity index (χ0n) is 13.6. The fraction of sp³-hybridized carbons (Fsp3) is 0.647. The fourth-order valence-electron chi connectivity index (χ4n) is 2.49. The Bertz CT molecular complexity index is 474. The molecule has 0 aromatic heterocycles. The molecule has 0 saturated carbocycles. The van der Waals surface area contributed by atoms with Gasteiger partial charge in [0.2, 0.25) is 0 Å². The SMILES string of the molecule is COc1cc(CO)cc(I)c1OCCCOC[C@@H]1CCCCO1. The van der Waals surface area contributed by atoms with E-state index in [0.717, 1.165) is 34.3 Å². The number of methoxy groups -OCH3 is 1. The van der Waals surface area contributed by atoms with E-state index >= 15 is 0 Å². The minimum Gasteiger partial charge on any atom is -0.493 e. The Morgan fingerprint density at radius 2 is 2.17 bits per heavy atom. The maximum absolute atomic E-state index is 9.23. The topological polar surface area (TPSA) is 57.2 Å². The first-order chi connectivity index (χ1) is 11.2. The molecule has 1 heterocycles. The molecule has 1 aliphatic rings. The zero-order valence-corrected chi connectivity index (χ0v) is 15.7. The molecule has 130 valence electrons. The molecular weight excluding hydrogens is 411 g/mol. The molecule has 1 saturated heterocycles. The predicted octanol–water partition coefficient (Wildman–Crippen LogP) is 3.15. The van der Waals surface area contributed by atoms with Crippen LogP contribution in [0.2, 0.25) is 0 Å². The molecule has 0 unspecified atom stereocenters. The first-order valence-corrected chi connectivity index (χ1v) is 9.12. The molecular formula is C17H25IO5. The molecule has 0 radical (unpaired) electrons. The second-order valence-electron chi connectivity index (χ2n) is 5.53. The molecule has 6 heteroatoms. The molecule has 0 aliphatic carbocycles. The van der Waals surface area contributed by atoms with Crippen molar-refractivity contribution < 1.29 is 24.1 Å². The minimum atomic E-state index is -0.0102. The standard InChI is InChI=1S/C17H25IO5/c1-20-16-10-13(11-19)9-15(18)17(16)23-8-4-6-21-12-14-5-2-3-7-22-14/h9-10,14,19H,2-8,11-12H2,1H3/t14-/m0/s1. The number of benzene rings is 1. The summed E-state index contributed by atoms with van der Waals surface area (Å²) < 4.78 is 23.4. The number of aliphatic hydroxyl groups excluding tert-OH is 1. The van der Waals surface area contributed by atoms with Gasteiger partial charge in [-0.05, 0) is 59.5 Å². The summed E-state index contributed by atoms with van der Waals surface area (Å²) in [6.45, 7) is 2.75. The van der Waals surface area contributed by atoms with Crippen molar-refractivity contribution in [2.45, 2.75) is 38.4 Å². The lowest BCUT2D eigenvalue weighted by molar-refractivity contribution is -0.0419. The molecule has 23 heavy (non-hydrogen) atoms. The molecule has 1 aromatic rings. The van der Waals surface area contributed by atoms with Crippen molar-refractivity contribution in [3.63, 3.8) is 0 Å².